The van der Waals surface area contributed by atoms with E-state index in [0.29, 0.717) is 19.6 Å². The number of ketones is 1. The van der Waals surface area contributed by atoms with Gasteiger partial charge in [0.1, 0.15) is 12.4 Å². The van der Waals surface area contributed by atoms with Crippen LogP contribution < -0.4 is 0 Å². The Morgan fingerprint density at radius 2 is 1.65 bits per heavy atom. The highest BCUT2D eigenvalue weighted by Gasteiger charge is 2.00. The predicted molar refractivity (Wildman–Crippen MR) is 65.8 cm³/mol. The molecule has 0 radical (unpaired) electrons. The maximum Gasteiger partial charge on any atom is 0.332 e. The summed E-state index contributed by atoms with van der Waals surface area (Å²) in [6, 6.07) is 0. The van der Waals surface area contributed by atoms with Crippen LogP contribution in [0.4, 0.5) is 0 Å². The summed E-state index contributed by atoms with van der Waals surface area (Å²) in [6.45, 7) is 4.46. The van der Waals surface area contributed by atoms with Crippen LogP contribution in [0.15, 0.2) is 0 Å². The van der Waals surface area contributed by atoms with Crippen molar-refractivity contribution in [1.82, 2.24) is 0 Å². The molecule has 0 aromatic carbocycles. The van der Waals surface area contributed by atoms with E-state index in [1.165, 1.54) is 0 Å². The summed E-state index contributed by atoms with van der Waals surface area (Å²) in [5.41, 5.74) is 0. The third-order valence-electron chi connectivity index (χ3n) is 2.34. The zero-order valence-electron chi connectivity index (χ0n) is 11.0. The van der Waals surface area contributed by atoms with Crippen LogP contribution in [0.1, 0.15) is 52.4 Å². The van der Waals surface area contributed by atoms with Gasteiger partial charge < -0.3 is 14.3 Å². The summed E-state index contributed by atoms with van der Waals surface area (Å²) in [5, 5.41) is 0. The fourth-order valence-corrected chi connectivity index (χ4v) is 1.47. The molecule has 0 heterocycles. The van der Waals surface area contributed by atoms with Crippen molar-refractivity contribution in [3.63, 3.8) is 0 Å². The quantitative estimate of drug-likeness (QED) is 0.414. The summed E-state index contributed by atoms with van der Waals surface area (Å²) in [7, 11) is 0. The molecule has 4 heteroatoms. The fourth-order valence-electron chi connectivity index (χ4n) is 1.47. The molecule has 0 aromatic heterocycles. The number of esters is 1. The molecule has 0 saturated carbocycles. The number of Topliss-reactive ketones (excluding diaryl/α,β-unsaturated/α-hetero) is 1. The van der Waals surface area contributed by atoms with Crippen molar-refractivity contribution < 1.29 is 19.1 Å². The molecule has 0 aliphatic carbocycles. The van der Waals surface area contributed by atoms with E-state index in [0.717, 1.165) is 32.1 Å². The first kappa shape index (κ1) is 16.1. The van der Waals surface area contributed by atoms with Crippen molar-refractivity contribution in [2.24, 2.45) is 0 Å². The second-order valence-corrected chi connectivity index (χ2v) is 4.08. The third kappa shape index (κ3) is 13.0. The van der Waals surface area contributed by atoms with Crippen LogP contribution in [-0.2, 0) is 19.1 Å². The van der Waals surface area contributed by atoms with E-state index >= 15 is 0 Å². The van der Waals surface area contributed by atoms with Gasteiger partial charge >= 0.3 is 5.97 Å². The van der Waals surface area contributed by atoms with Gasteiger partial charge in [-0.3, -0.25) is 0 Å². The Morgan fingerprint density at radius 1 is 1.00 bits per heavy atom. The van der Waals surface area contributed by atoms with E-state index in [4.69, 9.17) is 9.47 Å². The normalized spacial score (nSPS) is 10.2. The van der Waals surface area contributed by atoms with E-state index in [9.17, 15) is 9.59 Å². The van der Waals surface area contributed by atoms with E-state index in [1.54, 1.807) is 13.8 Å². The Balaban J connectivity index is 3.08. The van der Waals surface area contributed by atoms with E-state index in [1.807, 2.05) is 0 Å². The van der Waals surface area contributed by atoms with Gasteiger partial charge in [0.05, 0.1) is 6.61 Å². The molecule has 100 valence electrons. The fraction of sp³-hybridized carbons (Fsp3) is 0.846. The summed E-state index contributed by atoms with van der Waals surface area (Å²) >= 11 is 0. The number of carbonyl (C=O) groups excluding carboxylic acids is 2. The lowest BCUT2D eigenvalue weighted by Gasteiger charge is -2.04. The molecule has 0 N–H and O–H groups in total. The van der Waals surface area contributed by atoms with Gasteiger partial charge in [-0.2, -0.15) is 0 Å². The molecule has 17 heavy (non-hydrogen) atoms. The van der Waals surface area contributed by atoms with Crippen LogP contribution in [0.2, 0.25) is 0 Å². The Morgan fingerprint density at radius 3 is 2.29 bits per heavy atom. The summed E-state index contributed by atoms with van der Waals surface area (Å²) in [5.74, 6) is -0.0308. The minimum Gasteiger partial charge on any atom is -0.464 e. The summed E-state index contributed by atoms with van der Waals surface area (Å²) in [4.78, 5) is 21.6. The first-order valence-corrected chi connectivity index (χ1v) is 6.39. The lowest BCUT2D eigenvalue weighted by Crippen LogP contribution is -2.12. The highest BCUT2D eigenvalue weighted by atomic mass is 16.6. The summed E-state index contributed by atoms with van der Waals surface area (Å²) < 4.78 is 9.89. The molecule has 0 unspecified atom stereocenters. The molecular weight excluding hydrogens is 220 g/mol. The average molecular weight is 244 g/mol. The van der Waals surface area contributed by atoms with Crippen LogP contribution >= 0.6 is 0 Å². The van der Waals surface area contributed by atoms with E-state index < -0.39 is 0 Å². The van der Waals surface area contributed by atoms with Gasteiger partial charge in [0.15, 0.2) is 0 Å². The first-order valence-electron chi connectivity index (χ1n) is 6.39. The highest BCUT2D eigenvalue weighted by molar-refractivity contribution is 5.75. The Bertz CT molecular complexity index is 213. The maximum atomic E-state index is 10.9. The molecule has 0 rings (SSSR count). The second kappa shape index (κ2) is 11.6. The Hall–Kier alpha value is -0.900. The van der Waals surface area contributed by atoms with Crippen molar-refractivity contribution in [3.05, 3.63) is 0 Å². The van der Waals surface area contributed by atoms with E-state index in [-0.39, 0.29) is 18.4 Å². The number of rotatable bonds is 11. The predicted octanol–water partition coefficient (Wildman–Crippen LogP) is 2.50. The molecule has 0 saturated heterocycles. The van der Waals surface area contributed by atoms with Crippen molar-refractivity contribution in [2.75, 3.05) is 19.8 Å². The molecule has 0 aliphatic rings. The lowest BCUT2D eigenvalue weighted by atomic mass is 10.1. The molecule has 4 nitrogen and oxygen atoms in total. The van der Waals surface area contributed by atoms with Gasteiger partial charge in [0, 0.05) is 13.0 Å². The number of hydrogen-bond donors (Lipinski definition) is 0. The molecular formula is C13H24O4. The van der Waals surface area contributed by atoms with Crippen LogP contribution in [-0.4, -0.2) is 31.6 Å². The number of hydrogen-bond acceptors (Lipinski definition) is 4. The van der Waals surface area contributed by atoms with Crippen LogP contribution in [0, 0.1) is 0 Å². The molecule has 0 aromatic rings. The standard InChI is InChI=1S/C13H24O4/c1-3-17-13(15)11-16-10-8-6-4-5-7-9-12(2)14/h3-11H2,1-2H3. The molecule has 0 atom stereocenters. The first-order chi connectivity index (χ1) is 8.16. The molecule has 0 amide bonds. The molecule has 0 bridgehead atoms. The van der Waals surface area contributed by atoms with Gasteiger partial charge in [0.25, 0.3) is 0 Å². The second-order valence-electron chi connectivity index (χ2n) is 4.08. The van der Waals surface area contributed by atoms with Gasteiger partial charge in [0.2, 0.25) is 0 Å². The monoisotopic (exact) mass is 244 g/mol. The highest BCUT2D eigenvalue weighted by Crippen LogP contribution is 2.05. The number of unbranched alkanes of at least 4 members (excludes halogenated alkanes) is 4. The number of ether oxygens (including phenoxy) is 2. The van der Waals surface area contributed by atoms with Crippen LogP contribution in [0.3, 0.4) is 0 Å². The SMILES string of the molecule is CCOC(=O)COCCCCCCCC(C)=O. The Kier molecular flexibility index (Phi) is 11.0. The molecule has 0 spiro atoms. The van der Waals surface area contributed by atoms with Gasteiger partial charge in [-0.1, -0.05) is 19.3 Å². The van der Waals surface area contributed by atoms with Gasteiger partial charge in [-0.15, -0.1) is 0 Å². The van der Waals surface area contributed by atoms with Crippen LogP contribution in [0.5, 0.6) is 0 Å². The largest absolute Gasteiger partial charge is 0.464 e. The van der Waals surface area contributed by atoms with Crippen molar-refractivity contribution in [2.45, 2.75) is 52.4 Å². The topological polar surface area (TPSA) is 52.6 Å². The average Bonchev–Trinajstić information content (AvgIpc) is 2.27. The van der Waals surface area contributed by atoms with Crippen LogP contribution in [0.25, 0.3) is 0 Å². The zero-order chi connectivity index (χ0) is 12.9. The van der Waals surface area contributed by atoms with Crippen molar-refractivity contribution >= 4 is 11.8 Å². The van der Waals surface area contributed by atoms with Crippen molar-refractivity contribution in [3.8, 4) is 0 Å². The number of carbonyl (C=O) groups is 2. The van der Waals surface area contributed by atoms with Gasteiger partial charge in [-0.05, 0) is 26.7 Å². The third-order valence-corrected chi connectivity index (χ3v) is 2.34. The maximum absolute atomic E-state index is 10.9. The minimum absolute atomic E-state index is 0.0537. The minimum atomic E-state index is -0.297. The van der Waals surface area contributed by atoms with Crippen molar-refractivity contribution in [1.29, 1.82) is 0 Å². The smallest absolute Gasteiger partial charge is 0.332 e. The summed E-state index contributed by atoms with van der Waals surface area (Å²) in [6.07, 6.45) is 5.94. The molecule has 0 aliphatic heterocycles. The Labute approximate surface area is 104 Å². The lowest BCUT2D eigenvalue weighted by molar-refractivity contribution is -0.148. The van der Waals surface area contributed by atoms with Gasteiger partial charge in [-0.25, -0.2) is 4.79 Å². The molecule has 0 fully saturated rings. The zero-order valence-corrected chi connectivity index (χ0v) is 11.0. The van der Waals surface area contributed by atoms with E-state index in [2.05, 4.69) is 0 Å².